The van der Waals surface area contributed by atoms with Crippen molar-refractivity contribution in [1.29, 1.82) is 0 Å². The van der Waals surface area contributed by atoms with Crippen LogP contribution in [0.15, 0.2) is 66.9 Å². The van der Waals surface area contributed by atoms with Gasteiger partial charge in [0.2, 0.25) is 88.4 Å². The number of nitrogens with two attached hydrogens (primary N) is 2. The number of phenols is 1. The number of carboxylic acid groups (broad SMARTS) is 1. The third-order valence-corrected chi connectivity index (χ3v) is 19.4. The Morgan fingerprint density at radius 2 is 1.05 bits per heavy atom. The maximum Gasteiger partial charge on any atom is 0.303 e. The van der Waals surface area contributed by atoms with Gasteiger partial charge in [0.05, 0.1) is 23.4 Å². The van der Waals surface area contributed by atoms with Crippen LogP contribution in [0.3, 0.4) is 0 Å². The van der Waals surface area contributed by atoms with Crippen LogP contribution < -0.4 is 75.3 Å². The van der Waals surface area contributed by atoms with Gasteiger partial charge in [-0.05, 0) is 155 Å². The van der Waals surface area contributed by atoms with Crippen LogP contribution in [0.5, 0.6) is 5.75 Å². The molecule has 34 nitrogen and oxygen atoms in total. The van der Waals surface area contributed by atoms with Crippen molar-refractivity contribution in [3.8, 4) is 5.75 Å². The van der Waals surface area contributed by atoms with Crippen LogP contribution in [0, 0.1) is 17.3 Å². The Bertz CT molecular complexity index is 3900. The first kappa shape index (κ1) is 96.3. The zero-order valence-electron chi connectivity index (χ0n) is 66.1. The Labute approximate surface area is 659 Å². The number of allylic oxidation sites excluding steroid dienone is 2. The number of aromatic amines is 1. The van der Waals surface area contributed by atoms with Crippen LogP contribution in [0.2, 0.25) is 0 Å². The van der Waals surface area contributed by atoms with Crippen molar-refractivity contribution in [3.05, 3.63) is 78.0 Å². The van der Waals surface area contributed by atoms with E-state index in [1.165, 1.54) is 86.6 Å². The van der Waals surface area contributed by atoms with Gasteiger partial charge in [-0.25, -0.2) is 0 Å². The lowest BCUT2D eigenvalue weighted by Gasteiger charge is -2.33. The van der Waals surface area contributed by atoms with Crippen molar-refractivity contribution >= 4 is 111 Å². The number of para-hydroxylation sites is 1. The summed E-state index contributed by atoms with van der Waals surface area (Å²) in [6.07, 6.45) is 6.82. The first-order valence-electron chi connectivity index (χ1n) is 38.0. The monoisotopic (exact) mass is 1580 g/mol. The molecular weight excluding hydrogens is 1460 g/mol. The SMILES string of the molecule is C.CC(=O)C[C@]1(C)CCCCCC/C=C/CCC[C@@](C)(C(=O)NC(C)C(=O)N[C@@H](C)C(=O)NC(C)C(=O)N[C@@H](C)C(=O)NC(C)C(=O)N[C@@H](C)C(N)=O)NC(=O)[C@H](CC(C)C)CN[C@@H](CCC(N)=O)C(=O)C(=O)C(C)NC(=O)[C@H](Cc2c[nH]c3ccccc23)NC(=O)C(Cc2ccc(O)cc2)NC(=O)[C@H](CCC(=O)O)NC1=O. The minimum atomic E-state index is -1.77. The van der Waals surface area contributed by atoms with Gasteiger partial charge in [0.1, 0.15) is 71.4 Å². The molecular formula is C79H119N15O19. The van der Waals surface area contributed by atoms with Gasteiger partial charge in [0, 0.05) is 55.7 Å². The molecule has 13 amide bonds. The number of carbonyl (C=O) groups is 17. The molecule has 0 saturated heterocycles. The molecule has 0 aliphatic carbocycles. The third-order valence-electron chi connectivity index (χ3n) is 19.4. The molecule has 5 unspecified atom stereocenters. The Morgan fingerprint density at radius 1 is 0.558 bits per heavy atom. The molecule has 624 valence electrons. The van der Waals surface area contributed by atoms with Gasteiger partial charge in [-0.3, -0.25) is 81.5 Å². The first-order chi connectivity index (χ1) is 52.5. The quantitative estimate of drug-likeness (QED) is 0.0381. The molecule has 0 saturated carbocycles. The predicted octanol–water partition coefficient (Wildman–Crippen LogP) is 1.60. The topological polar surface area (TPSA) is 543 Å². The number of aromatic hydroxyl groups is 1. The van der Waals surface area contributed by atoms with Gasteiger partial charge in [0.15, 0.2) is 0 Å². The number of H-pyrrole nitrogens is 1. The highest BCUT2D eigenvalue weighted by Gasteiger charge is 2.42. The van der Waals surface area contributed by atoms with Gasteiger partial charge in [0.25, 0.3) is 0 Å². The number of carbonyl (C=O) groups excluding carboxylic acids is 16. The van der Waals surface area contributed by atoms with E-state index in [1.807, 2.05) is 26.0 Å². The van der Waals surface area contributed by atoms with Crippen LogP contribution in [-0.2, 0) is 94.3 Å². The van der Waals surface area contributed by atoms with E-state index in [4.69, 9.17) is 11.5 Å². The number of aromatic nitrogens is 1. The number of hydrogen-bond donors (Lipinski definition) is 17. The number of aliphatic carboxylic acids is 1. The number of primary amides is 2. The van der Waals surface area contributed by atoms with E-state index in [2.05, 4.69) is 68.8 Å². The lowest BCUT2D eigenvalue weighted by atomic mass is 9.79. The fourth-order valence-electron chi connectivity index (χ4n) is 12.6. The molecule has 14 atom stereocenters. The summed E-state index contributed by atoms with van der Waals surface area (Å²) in [7, 11) is 0. The Balaban J connectivity index is 0.0000331. The average Bonchev–Trinajstić information content (AvgIpc) is 1.40. The van der Waals surface area contributed by atoms with E-state index in [0.717, 1.165) is 0 Å². The van der Waals surface area contributed by atoms with Crippen molar-refractivity contribution < 1.29 is 91.7 Å². The Hall–Kier alpha value is -10.9. The number of rotatable bonds is 27. The molecule has 4 rings (SSSR count). The van der Waals surface area contributed by atoms with Crippen LogP contribution in [0.25, 0.3) is 10.9 Å². The summed E-state index contributed by atoms with van der Waals surface area (Å²) in [4.78, 5) is 235. The zero-order chi connectivity index (χ0) is 83.9. The maximum absolute atomic E-state index is 15.0. The number of phenolic OH excluding ortho intramolecular Hbond substituents is 1. The van der Waals surface area contributed by atoms with E-state index < -0.39 is 197 Å². The van der Waals surface area contributed by atoms with Crippen LogP contribution in [0.1, 0.15) is 198 Å². The van der Waals surface area contributed by atoms with Gasteiger partial charge in [-0.2, -0.15) is 0 Å². The fourth-order valence-corrected chi connectivity index (χ4v) is 12.6. The minimum Gasteiger partial charge on any atom is -0.508 e. The molecule has 1 aliphatic heterocycles. The summed E-state index contributed by atoms with van der Waals surface area (Å²) in [5, 5.41) is 51.9. The molecule has 113 heavy (non-hydrogen) atoms. The number of Topliss-reactive ketones (excluding diaryl/α,β-unsaturated/α-hetero) is 3. The molecule has 2 heterocycles. The second kappa shape index (κ2) is 46.2. The summed E-state index contributed by atoms with van der Waals surface area (Å²) < 4.78 is 0. The number of hydrogen-bond acceptors (Lipinski definition) is 19. The van der Waals surface area contributed by atoms with Crippen molar-refractivity contribution in [1.82, 2.24) is 68.8 Å². The lowest BCUT2D eigenvalue weighted by Crippen LogP contribution is -2.62. The molecule has 0 radical (unpaired) electrons. The van der Waals surface area contributed by atoms with E-state index >= 15 is 0 Å². The highest BCUT2D eigenvalue weighted by molar-refractivity contribution is 6.41. The average molecular weight is 1580 g/mol. The summed E-state index contributed by atoms with van der Waals surface area (Å²) in [5.41, 5.74) is 9.17. The van der Waals surface area contributed by atoms with E-state index in [-0.39, 0.29) is 76.4 Å². The molecule has 2 aromatic carbocycles. The largest absolute Gasteiger partial charge is 0.508 e. The first-order valence-corrected chi connectivity index (χ1v) is 38.0. The Morgan fingerprint density at radius 3 is 1.58 bits per heavy atom. The normalized spacial score (nSPS) is 23.1. The Kier molecular flexibility index (Phi) is 39.3. The molecule has 1 aromatic heterocycles. The second-order valence-electron chi connectivity index (χ2n) is 30.1. The number of amides is 13. The second-order valence-corrected chi connectivity index (χ2v) is 30.1. The highest BCUT2D eigenvalue weighted by atomic mass is 16.4. The minimum absolute atomic E-state index is 0. The van der Waals surface area contributed by atoms with Crippen molar-refractivity contribution in [3.63, 3.8) is 0 Å². The zero-order valence-corrected chi connectivity index (χ0v) is 66.1. The van der Waals surface area contributed by atoms with Crippen molar-refractivity contribution in [2.75, 3.05) is 6.54 Å². The fraction of sp³-hybridized carbons (Fsp3) is 0.582. The smallest absolute Gasteiger partial charge is 0.303 e. The maximum atomic E-state index is 15.0. The molecule has 0 spiro atoms. The van der Waals surface area contributed by atoms with E-state index in [0.29, 0.717) is 67.0 Å². The third kappa shape index (κ3) is 32.0. The molecule has 0 bridgehead atoms. The summed E-state index contributed by atoms with van der Waals surface area (Å²) in [5.74, 6) is -16.2. The van der Waals surface area contributed by atoms with E-state index in [1.54, 1.807) is 37.4 Å². The number of nitrogens with one attached hydrogen (secondary N) is 13. The number of fused-ring (bicyclic) bond motifs is 1. The van der Waals surface area contributed by atoms with Crippen LogP contribution in [-0.4, -0.2) is 194 Å². The molecule has 3 aromatic rings. The number of benzene rings is 2. The number of ketones is 3. The van der Waals surface area contributed by atoms with Gasteiger partial charge >= 0.3 is 5.97 Å². The molecule has 1 aliphatic rings. The number of carboxylic acids is 1. The molecule has 19 N–H and O–H groups in total. The predicted molar refractivity (Wildman–Crippen MR) is 419 cm³/mol. The van der Waals surface area contributed by atoms with Gasteiger partial charge in [-0.1, -0.05) is 89.9 Å². The summed E-state index contributed by atoms with van der Waals surface area (Å²) in [6, 6.07) is -2.59. The summed E-state index contributed by atoms with van der Waals surface area (Å²) >= 11 is 0. The standard InChI is InChI=1S/C78H115N15O19.CH4/c1-42(2)36-53-41-82-57(30-32-61(79)96)64(100)63(99)44(4)83-73(109)60(38-52-40-81-56-25-21-20-24-55(52)56)91-74(110)59(37-51-26-28-54(95)29-27-51)90-72(108)58(31-33-62(97)98)92-75(111)77(11,39-43(3)94)34-22-18-16-14-13-15-17-19-23-35-78(12,93-71(53)107)76(112)89-50(10)70(106)88-49(9)69(105)87-48(8)68(104)86-47(7)67(103)85-46(6)66(102)84-45(5)65(80)101;/h15,17,20-21,24-29,40,42,44-50,53,57-60,81-82,95H,13-14,16,18-19,22-23,30-39,41H2,1-12H3,(H2,79,96)(H2,80,101)(H,83,109)(H,84,102)(H,85,103)(H,86,104)(H,87,105)(H,88,106)(H,89,112)(H,90,108)(H,91,110)(H,92,111)(H,93,107)(H,97,98);1H4/b17-15+;/t44?,45-,46?,47-,48?,49-,50?,53+,57-,58-,59?,60-,77-,78-;/m0./s1. The van der Waals surface area contributed by atoms with Gasteiger partial charge in [-0.15, -0.1) is 0 Å². The molecule has 34 heteroatoms. The van der Waals surface area contributed by atoms with Crippen molar-refractivity contribution in [2.45, 2.75) is 272 Å². The van der Waals surface area contributed by atoms with Crippen LogP contribution in [0.4, 0.5) is 0 Å². The van der Waals surface area contributed by atoms with Crippen molar-refractivity contribution in [2.24, 2.45) is 28.7 Å². The highest BCUT2D eigenvalue weighted by Crippen LogP contribution is 2.31. The van der Waals surface area contributed by atoms with Gasteiger partial charge < -0.3 is 90.5 Å². The molecule has 0 fully saturated rings. The van der Waals surface area contributed by atoms with Crippen LogP contribution >= 0.6 is 0 Å². The summed E-state index contributed by atoms with van der Waals surface area (Å²) in [6.45, 7) is 16.8. The lowest BCUT2D eigenvalue weighted by molar-refractivity contribution is -0.140. The van der Waals surface area contributed by atoms with E-state index in [9.17, 15) is 91.7 Å².